The number of likely N-dealkylation sites (tertiary alicyclic amines) is 2. The van der Waals surface area contributed by atoms with Crippen molar-refractivity contribution in [3.63, 3.8) is 0 Å². The third-order valence-electron chi connectivity index (χ3n) is 14.3. The van der Waals surface area contributed by atoms with Crippen LogP contribution in [0, 0.1) is 16.7 Å². The largest absolute Gasteiger partial charge is 0.481 e. The Bertz CT molecular complexity index is 2000. The zero-order valence-electron chi connectivity index (χ0n) is 52.6. The summed E-state index contributed by atoms with van der Waals surface area (Å²) in [5, 5.41) is 35.0. The molecule has 2 rings (SSSR count). The van der Waals surface area contributed by atoms with E-state index in [0.717, 1.165) is 61.4 Å². The van der Waals surface area contributed by atoms with E-state index in [1.807, 2.05) is 0 Å². The van der Waals surface area contributed by atoms with E-state index in [-0.39, 0.29) is 77.3 Å². The first-order valence-electron chi connectivity index (χ1n) is 31.2. The maximum atomic E-state index is 13.2. The van der Waals surface area contributed by atoms with Gasteiger partial charge in [-0.1, -0.05) is 184 Å². The van der Waals surface area contributed by atoms with E-state index in [9.17, 15) is 48.6 Å². The minimum atomic E-state index is -1.25. The predicted octanol–water partition coefficient (Wildman–Crippen LogP) is 12.6. The van der Waals surface area contributed by atoms with Gasteiger partial charge in [-0.15, -0.1) is 23.5 Å². The molecule has 3 atom stereocenters. The minimum Gasteiger partial charge on any atom is -0.481 e. The zero-order chi connectivity index (χ0) is 64.6. The molecule has 2 fully saturated rings. The molecule has 2 amide bonds. The summed E-state index contributed by atoms with van der Waals surface area (Å²) in [4.78, 5) is 99.5. The Balaban J connectivity index is 0.00000151. The fourth-order valence-corrected chi connectivity index (χ4v) is 14.6. The number of amides is 2. The van der Waals surface area contributed by atoms with E-state index >= 15 is 0 Å². The Kier molecular flexibility index (Phi) is 49.9. The molecule has 0 aromatic rings. The lowest BCUT2D eigenvalue weighted by Crippen LogP contribution is -2.36. The number of carboxylic acid groups (broad SMARTS) is 2. The Morgan fingerprint density at radius 1 is 0.547 bits per heavy atom. The van der Waals surface area contributed by atoms with Crippen molar-refractivity contribution >= 4 is 126 Å². The molecule has 496 valence electrons. The van der Waals surface area contributed by atoms with Crippen molar-refractivity contribution in [3.8, 4) is 0 Å². The molecular weight excluding hydrogens is 1220 g/mol. The number of rotatable bonds is 46. The van der Waals surface area contributed by atoms with Gasteiger partial charge in [0.2, 0.25) is 11.8 Å². The molecular formula is C62H106N2O16S6. The van der Waals surface area contributed by atoms with E-state index < -0.39 is 63.1 Å². The number of thiocarbonyl (C=S) groups is 2. The van der Waals surface area contributed by atoms with Gasteiger partial charge >= 0.3 is 35.8 Å². The Labute approximate surface area is 542 Å². The molecule has 0 radical (unpaired) electrons. The maximum Gasteiger partial charge on any atom is 0.330 e. The summed E-state index contributed by atoms with van der Waals surface area (Å²) in [6.07, 6.45) is 29.0. The molecule has 2 heterocycles. The summed E-state index contributed by atoms with van der Waals surface area (Å²) in [5.74, 6) is -3.29. The van der Waals surface area contributed by atoms with E-state index in [2.05, 4.69) is 25.2 Å². The van der Waals surface area contributed by atoms with Crippen molar-refractivity contribution < 1.29 is 77.7 Å². The minimum absolute atomic E-state index is 0.00549. The van der Waals surface area contributed by atoms with E-state index in [1.165, 1.54) is 147 Å². The highest BCUT2D eigenvalue weighted by atomic mass is 32.2. The van der Waals surface area contributed by atoms with Crippen LogP contribution in [-0.2, 0) is 57.3 Å². The molecule has 3 unspecified atom stereocenters. The van der Waals surface area contributed by atoms with Gasteiger partial charge in [-0.2, -0.15) is 0 Å². The molecule has 4 N–H and O–H groups in total. The van der Waals surface area contributed by atoms with Crippen molar-refractivity contribution in [3.05, 3.63) is 12.7 Å². The van der Waals surface area contributed by atoms with Gasteiger partial charge in [-0.3, -0.25) is 33.6 Å². The number of hydrogen-bond acceptors (Lipinski definition) is 20. The summed E-state index contributed by atoms with van der Waals surface area (Å²) in [6, 6.07) is 0. The summed E-state index contributed by atoms with van der Waals surface area (Å²) in [5.41, 5.74) is -2.32. The number of nitrogens with zero attached hydrogens (tertiary/aromatic N) is 2. The lowest BCUT2D eigenvalue weighted by atomic mass is 9.81. The second-order valence-electron chi connectivity index (χ2n) is 22.8. The first kappa shape index (κ1) is 83.0. The van der Waals surface area contributed by atoms with Crippen molar-refractivity contribution in [1.82, 2.24) is 9.80 Å². The van der Waals surface area contributed by atoms with Gasteiger partial charge in [-0.25, -0.2) is 4.79 Å². The summed E-state index contributed by atoms with van der Waals surface area (Å²) in [7, 11) is 0. The van der Waals surface area contributed by atoms with E-state index in [4.69, 9.17) is 48.9 Å². The highest BCUT2D eigenvalue weighted by molar-refractivity contribution is 8.48. The number of ether oxygens (including phenoxy) is 4. The molecule has 0 aliphatic carbocycles. The molecule has 0 aromatic carbocycles. The molecule has 2 aliphatic heterocycles. The standard InChI is InChI=1S/C31H53NO8S3.C26H45NO5S3.C5H8O3/c1-4-5-6-7-8-9-10-11-12-13-21-42-30(41)43-25(28(36)40-20-18-33)22-24(23-31(2,3)29(37)38)27(35)39-19-17-32-16-14-15-26(32)34;1-4-5-6-7-8-9-10-11-12-13-19-34-25(33)35-21(20-26(2,3)24(30)31)23(29)32-18-17-27-16-14-15-22(27)28;1-2-5(7)8-4-3-6/h24-25,33H,4-23H2,1-3H3,(H,37,38);21H,4-20H2,1-3H3,(H,30,31);2,6H,1,3-4H2. The number of unbranched alkanes of at least 4 members (excludes halogenated alkanes) is 18. The number of aliphatic hydroxyl groups is 2. The van der Waals surface area contributed by atoms with Crippen LogP contribution in [-0.4, -0.2) is 173 Å². The molecule has 0 aromatic heterocycles. The number of carbonyl (C=O) groups is 8. The normalized spacial score (nSPS) is 14.2. The molecule has 0 bridgehead atoms. The molecule has 2 aliphatic rings. The third kappa shape index (κ3) is 42.1. The molecule has 18 nitrogen and oxygen atoms in total. The van der Waals surface area contributed by atoms with Crippen LogP contribution < -0.4 is 0 Å². The quantitative estimate of drug-likeness (QED) is 0.0145. The number of carboxylic acids is 2. The highest BCUT2D eigenvalue weighted by Crippen LogP contribution is 2.36. The second kappa shape index (κ2) is 51.7. The fraction of sp³-hybridized carbons (Fsp3) is 0.806. The number of carbonyl (C=O) groups excluding carboxylic acids is 6. The maximum absolute atomic E-state index is 13.2. The Morgan fingerprint density at radius 2 is 0.907 bits per heavy atom. The van der Waals surface area contributed by atoms with Crippen LogP contribution in [0.5, 0.6) is 0 Å². The van der Waals surface area contributed by atoms with Crippen molar-refractivity contribution in [2.24, 2.45) is 16.7 Å². The molecule has 0 saturated carbocycles. The Hall–Kier alpha value is -3.00. The summed E-state index contributed by atoms with van der Waals surface area (Å²) >= 11 is 16.5. The van der Waals surface area contributed by atoms with Crippen LogP contribution in [0.2, 0.25) is 0 Å². The van der Waals surface area contributed by atoms with Crippen LogP contribution in [0.25, 0.3) is 0 Å². The van der Waals surface area contributed by atoms with Crippen LogP contribution in [0.4, 0.5) is 0 Å². The number of esters is 4. The second-order valence-corrected chi connectivity index (χ2v) is 29.8. The molecule has 2 saturated heterocycles. The van der Waals surface area contributed by atoms with Gasteiger partial charge < -0.3 is 49.2 Å². The van der Waals surface area contributed by atoms with Gasteiger partial charge in [0.1, 0.15) is 44.0 Å². The molecule has 0 spiro atoms. The van der Waals surface area contributed by atoms with Crippen molar-refractivity contribution in [2.75, 3.05) is 77.3 Å². The lowest BCUT2D eigenvalue weighted by molar-refractivity contribution is -0.155. The van der Waals surface area contributed by atoms with Gasteiger partial charge in [0.25, 0.3) is 0 Å². The summed E-state index contributed by atoms with van der Waals surface area (Å²) in [6.45, 7) is 15.4. The van der Waals surface area contributed by atoms with Crippen molar-refractivity contribution in [2.45, 2.75) is 225 Å². The number of aliphatic hydroxyl groups excluding tert-OH is 2. The monoisotopic (exact) mass is 1330 g/mol. The van der Waals surface area contributed by atoms with Crippen LogP contribution >= 0.6 is 71.5 Å². The third-order valence-corrected chi connectivity index (χ3v) is 20.0. The number of aliphatic carboxylic acids is 2. The van der Waals surface area contributed by atoms with Crippen LogP contribution in [0.1, 0.15) is 215 Å². The van der Waals surface area contributed by atoms with Crippen LogP contribution in [0.15, 0.2) is 12.7 Å². The van der Waals surface area contributed by atoms with Crippen LogP contribution in [0.3, 0.4) is 0 Å². The van der Waals surface area contributed by atoms with Gasteiger partial charge in [0, 0.05) is 32.0 Å². The Morgan fingerprint density at radius 3 is 1.29 bits per heavy atom. The topological polar surface area (TPSA) is 261 Å². The first-order valence-corrected chi connectivity index (χ1v) is 35.7. The molecule has 86 heavy (non-hydrogen) atoms. The van der Waals surface area contributed by atoms with E-state index in [1.54, 1.807) is 35.4 Å². The smallest absolute Gasteiger partial charge is 0.330 e. The van der Waals surface area contributed by atoms with Crippen molar-refractivity contribution in [1.29, 1.82) is 0 Å². The lowest BCUT2D eigenvalue weighted by Gasteiger charge is -2.27. The fourth-order valence-electron chi connectivity index (χ4n) is 8.98. The summed E-state index contributed by atoms with van der Waals surface area (Å²) < 4.78 is 21.7. The number of hydrogen-bond donors (Lipinski definition) is 4. The number of thioether (sulfide) groups is 4. The SMILES string of the molecule is C=CC(=O)OCCO.CCCCCCCCCCCCSC(=S)SC(CC(C)(C)C(=O)O)C(=O)OCCN1CCCC1=O.CCCCCCCCCCCCSC(=S)SC(CC(CC(C)(C)C(=O)O)C(=O)OCCN1CCCC1=O)C(=O)OCCO. The average Bonchev–Trinajstić information content (AvgIpc) is 4.23. The molecule has 24 heteroatoms. The predicted molar refractivity (Wildman–Crippen MR) is 357 cm³/mol. The van der Waals surface area contributed by atoms with Gasteiger partial charge in [-0.05, 0) is 84.1 Å². The average molecular weight is 1330 g/mol. The highest BCUT2D eigenvalue weighted by Gasteiger charge is 2.39. The van der Waals surface area contributed by atoms with Gasteiger partial charge in [0.05, 0.1) is 43.1 Å². The first-order chi connectivity index (χ1) is 41.0. The van der Waals surface area contributed by atoms with E-state index in [0.29, 0.717) is 39.5 Å². The zero-order valence-corrected chi connectivity index (χ0v) is 57.5. The van der Waals surface area contributed by atoms with Gasteiger partial charge in [0.15, 0.2) is 0 Å².